The van der Waals surface area contributed by atoms with Crippen LogP contribution in [0.15, 0.2) is 9.52 Å². The van der Waals surface area contributed by atoms with Gasteiger partial charge >= 0.3 is 0 Å². The maximum absolute atomic E-state index is 4.99. The van der Waals surface area contributed by atoms with Crippen molar-refractivity contribution in [2.24, 2.45) is 10.9 Å². The van der Waals surface area contributed by atoms with E-state index in [0.717, 1.165) is 10.9 Å². The SMILES string of the molecule is Cc1noc(CN=C2N[C@@H](C(C)C)CS2)n1. The normalized spacial score (nSPS) is 23.0. The molecule has 1 aromatic heterocycles. The van der Waals surface area contributed by atoms with E-state index in [2.05, 4.69) is 34.3 Å². The van der Waals surface area contributed by atoms with Crippen molar-refractivity contribution >= 4 is 16.9 Å². The Morgan fingerprint density at radius 2 is 2.44 bits per heavy atom. The molecule has 2 rings (SSSR count). The number of nitrogens with one attached hydrogen (secondary N) is 1. The van der Waals surface area contributed by atoms with Gasteiger partial charge in [-0.3, -0.25) is 4.99 Å². The van der Waals surface area contributed by atoms with Gasteiger partial charge in [0.2, 0.25) is 5.89 Å². The number of hydrogen-bond acceptors (Lipinski definition) is 5. The molecule has 1 fully saturated rings. The molecule has 1 saturated heterocycles. The number of aromatic nitrogens is 2. The second-order valence-electron chi connectivity index (χ2n) is 4.16. The topological polar surface area (TPSA) is 63.3 Å². The summed E-state index contributed by atoms with van der Waals surface area (Å²) in [6, 6.07) is 0.521. The van der Waals surface area contributed by atoms with Crippen molar-refractivity contribution in [1.82, 2.24) is 15.5 Å². The van der Waals surface area contributed by atoms with Crippen molar-refractivity contribution in [2.75, 3.05) is 5.75 Å². The number of aliphatic imine (C=N–C) groups is 1. The van der Waals surface area contributed by atoms with E-state index in [4.69, 9.17) is 4.52 Å². The molecule has 0 spiro atoms. The second-order valence-corrected chi connectivity index (χ2v) is 5.17. The van der Waals surface area contributed by atoms with Crippen LogP contribution in [0.2, 0.25) is 0 Å². The highest BCUT2D eigenvalue weighted by atomic mass is 32.2. The fourth-order valence-corrected chi connectivity index (χ4v) is 2.60. The zero-order chi connectivity index (χ0) is 11.5. The summed E-state index contributed by atoms with van der Waals surface area (Å²) in [6.45, 7) is 6.68. The zero-order valence-electron chi connectivity index (χ0n) is 9.73. The minimum Gasteiger partial charge on any atom is -0.361 e. The monoisotopic (exact) mass is 240 g/mol. The zero-order valence-corrected chi connectivity index (χ0v) is 10.5. The number of nitrogens with zero attached hydrogens (tertiary/aromatic N) is 3. The van der Waals surface area contributed by atoms with E-state index < -0.39 is 0 Å². The first-order chi connectivity index (χ1) is 7.65. The van der Waals surface area contributed by atoms with Crippen molar-refractivity contribution in [3.63, 3.8) is 0 Å². The number of amidine groups is 1. The number of hydrogen-bond donors (Lipinski definition) is 1. The van der Waals surface area contributed by atoms with Crippen LogP contribution in [-0.4, -0.2) is 27.1 Å². The summed E-state index contributed by atoms with van der Waals surface area (Å²) >= 11 is 1.75. The predicted molar refractivity (Wildman–Crippen MR) is 64.4 cm³/mol. The standard InChI is InChI=1S/C10H16N4OS/c1-6(2)8-5-16-10(13-8)11-4-9-12-7(3)14-15-9/h6,8H,4-5H2,1-3H3,(H,11,13)/t8-/m1/s1. The van der Waals surface area contributed by atoms with Gasteiger partial charge in [-0.2, -0.15) is 4.98 Å². The third-order valence-corrected chi connectivity index (χ3v) is 3.49. The molecule has 1 atom stereocenters. The maximum atomic E-state index is 4.99. The van der Waals surface area contributed by atoms with Gasteiger partial charge in [0.1, 0.15) is 6.54 Å². The Hall–Kier alpha value is -1.04. The van der Waals surface area contributed by atoms with Gasteiger partial charge in [0.05, 0.1) is 0 Å². The molecule has 6 heteroatoms. The molecule has 0 aliphatic carbocycles. The fraction of sp³-hybridized carbons (Fsp3) is 0.700. The van der Waals surface area contributed by atoms with Gasteiger partial charge in [-0.05, 0) is 12.8 Å². The van der Waals surface area contributed by atoms with Crippen molar-refractivity contribution in [1.29, 1.82) is 0 Å². The van der Waals surface area contributed by atoms with Gasteiger partial charge < -0.3 is 9.84 Å². The third-order valence-electron chi connectivity index (χ3n) is 2.44. The highest BCUT2D eigenvalue weighted by molar-refractivity contribution is 8.14. The quantitative estimate of drug-likeness (QED) is 0.869. The maximum Gasteiger partial charge on any atom is 0.248 e. The molecule has 1 aliphatic heterocycles. The van der Waals surface area contributed by atoms with Crippen LogP contribution < -0.4 is 5.32 Å². The van der Waals surface area contributed by atoms with Gasteiger partial charge in [0.15, 0.2) is 11.0 Å². The number of aryl methyl sites for hydroxylation is 1. The van der Waals surface area contributed by atoms with Crippen molar-refractivity contribution in [3.05, 3.63) is 11.7 Å². The Balaban J connectivity index is 1.90. The first-order valence-electron chi connectivity index (χ1n) is 5.38. The van der Waals surface area contributed by atoms with E-state index in [9.17, 15) is 0 Å². The first kappa shape index (κ1) is 11.4. The Bertz CT molecular complexity index is 388. The largest absolute Gasteiger partial charge is 0.361 e. The van der Waals surface area contributed by atoms with Gasteiger partial charge in [-0.15, -0.1) is 0 Å². The molecule has 1 N–H and O–H groups in total. The summed E-state index contributed by atoms with van der Waals surface area (Å²) in [4.78, 5) is 8.52. The molecule has 0 unspecified atom stereocenters. The smallest absolute Gasteiger partial charge is 0.248 e. The molecule has 0 bridgehead atoms. The molecule has 5 nitrogen and oxygen atoms in total. The van der Waals surface area contributed by atoms with Gasteiger partial charge in [0.25, 0.3) is 0 Å². The third kappa shape index (κ3) is 2.75. The number of rotatable bonds is 3. The molecule has 1 aromatic rings. The predicted octanol–water partition coefficient (Wildman–Crippen LogP) is 1.60. The average Bonchev–Trinajstić information content (AvgIpc) is 2.83. The van der Waals surface area contributed by atoms with Crippen LogP contribution >= 0.6 is 11.8 Å². The van der Waals surface area contributed by atoms with Crippen LogP contribution in [0.3, 0.4) is 0 Å². The Kier molecular flexibility index (Phi) is 3.48. The molecule has 0 radical (unpaired) electrons. The van der Waals surface area contributed by atoms with E-state index >= 15 is 0 Å². The fourth-order valence-electron chi connectivity index (χ4n) is 1.40. The molecule has 2 heterocycles. The van der Waals surface area contributed by atoms with Crippen molar-refractivity contribution in [2.45, 2.75) is 33.4 Å². The lowest BCUT2D eigenvalue weighted by Crippen LogP contribution is -2.31. The molecule has 16 heavy (non-hydrogen) atoms. The van der Waals surface area contributed by atoms with Crippen LogP contribution in [0, 0.1) is 12.8 Å². The van der Waals surface area contributed by atoms with Gasteiger partial charge in [-0.1, -0.05) is 30.8 Å². The molecular formula is C10H16N4OS. The number of thioether (sulfide) groups is 1. The summed E-state index contributed by atoms with van der Waals surface area (Å²) < 4.78 is 4.99. The summed E-state index contributed by atoms with van der Waals surface area (Å²) in [7, 11) is 0. The second kappa shape index (κ2) is 4.86. The van der Waals surface area contributed by atoms with Crippen LogP contribution in [0.1, 0.15) is 25.6 Å². The molecule has 0 saturated carbocycles. The minimum atomic E-state index is 0.459. The van der Waals surface area contributed by atoms with E-state index in [1.54, 1.807) is 18.7 Å². The van der Waals surface area contributed by atoms with E-state index in [1.807, 2.05) is 0 Å². The molecular weight excluding hydrogens is 224 g/mol. The lowest BCUT2D eigenvalue weighted by Gasteiger charge is -2.12. The van der Waals surface area contributed by atoms with Gasteiger partial charge in [0, 0.05) is 11.8 Å². The molecule has 0 amide bonds. The van der Waals surface area contributed by atoms with E-state index in [-0.39, 0.29) is 0 Å². The molecule has 88 valence electrons. The average molecular weight is 240 g/mol. The molecule has 1 aliphatic rings. The summed E-state index contributed by atoms with van der Waals surface area (Å²) in [6.07, 6.45) is 0. The Morgan fingerprint density at radius 3 is 3.00 bits per heavy atom. The van der Waals surface area contributed by atoms with Crippen LogP contribution in [-0.2, 0) is 6.54 Å². The minimum absolute atomic E-state index is 0.459. The van der Waals surface area contributed by atoms with E-state index in [0.29, 0.717) is 30.2 Å². The Labute approximate surface area is 99.1 Å². The summed E-state index contributed by atoms with van der Waals surface area (Å²) in [5.41, 5.74) is 0. The Morgan fingerprint density at radius 1 is 1.62 bits per heavy atom. The highest BCUT2D eigenvalue weighted by Crippen LogP contribution is 2.19. The molecule has 0 aromatic carbocycles. The van der Waals surface area contributed by atoms with Crippen molar-refractivity contribution in [3.8, 4) is 0 Å². The van der Waals surface area contributed by atoms with Crippen molar-refractivity contribution < 1.29 is 4.52 Å². The summed E-state index contributed by atoms with van der Waals surface area (Å²) in [5, 5.41) is 8.09. The lowest BCUT2D eigenvalue weighted by atomic mass is 10.1. The van der Waals surface area contributed by atoms with Crippen LogP contribution in [0.4, 0.5) is 0 Å². The summed E-state index contributed by atoms with van der Waals surface area (Å²) in [5.74, 6) is 2.94. The van der Waals surface area contributed by atoms with Crippen LogP contribution in [0.5, 0.6) is 0 Å². The lowest BCUT2D eigenvalue weighted by molar-refractivity contribution is 0.376. The first-order valence-corrected chi connectivity index (χ1v) is 6.36. The van der Waals surface area contributed by atoms with Crippen LogP contribution in [0.25, 0.3) is 0 Å². The highest BCUT2D eigenvalue weighted by Gasteiger charge is 2.22. The van der Waals surface area contributed by atoms with E-state index in [1.165, 1.54) is 0 Å². The van der Waals surface area contributed by atoms with Gasteiger partial charge in [-0.25, -0.2) is 0 Å².